The lowest BCUT2D eigenvalue weighted by Crippen LogP contribution is -2.14. The zero-order valence-electron chi connectivity index (χ0n) is 18.3. The molecule has 0 saturated heterocycles. The maximum atomic E-state index is 12.9. The molecular weight excluding hydrogens is 494 g/mol. The maximum Gasteiger partial charge on any atom is 0.262 e. The Morgan fingerprint density at radius 3 is 2.56 bits per heavy atom. The number of carbonyl (C=O) groups excluding carboxylic acids is 1. The summed E-state index contributed by atoms with van der Waals surface area (Å²) in [6.45, 7) is 0. The Morgan fingerprint density at radius 2 is 1.79 bits per heavy atom. The first kappa shape index (κ1) is 24.0. The van der Waals surface area contributed by atoms with Gasteiger partial charge in [-0.3, -0.25) is 9.52 Å². The Hall–Kier alpha value is -3.15. The van der Waals surface area contributed by atoms with Crippen LogP contribution in [0.1, 0.15) is 0 Å². The summed E-state index contributed by atoms with van der Waals surface area (Å²) in [5.41, 5.74) is 1.87. The summed E-state index contributed by atoms with van der Waals surface area (Å²) in [5, 5.41) is 3.15. The zero-order valence-corrected chi connectivity index (χ0v) is 20.7. The van der Waals surface area contributed by atoms with Crippen LogP contribution in [-0.2, 0) is 14.8 Å². The minimum Gasteiger partial charge on any atom is -0.495 e. The number of rotatable bonds is 9. The van der Waals surface area contributed by atoms with Gasteiger partial charge in [-0.1, -0.05) is 36.0 Å². The number of para-hydroxylation sites is 3. The van der Waals surface area contributed by atoms with Crippen molar-refractivity contribution >= 4 is 61.9 Å². The third kappa shape index (κ3) is 5.49. The molecule has 8 nitrogen and oxygen atoms in total. The van der Waals surface area contributed by atoms with E-state index < -0.39 is 10.0 Å². The molecule has 0 aliphatic rings. The van der Waals surface area contributed by atoms with Gasteiger partial charge in [-0.15, -0.1) is 11.8 Å². The van der Waals surface area contributed by atoms with Crippen molar-refractivity contribution in [2.75, 3.05) is 29.2 Å². The summed E-state index contributed by atoms with van der Waals surface area (Å²) in [6, 6.07) is 18.7. The smallest absolute Gasteiger partial charge is 0.262 e. The van der Waals surface area contributed by atoms with E-state index in [4.69, 9.17) is 9.15 Å². The summed E-state index contributed by atoms with van der Waals surface area (Å²) < 4.78 is 39.2. The van der Waals surface area contributed by atoms with E-state index >= 15 is 0 Å². The molecule has 176 valence electrons. The van der Waals surface area contributed by atoms with Crippen molar-refractivity contribution < 1.29 is 22.4 Å². The first-order valence-corrected chi connectivity index (χ1v) is 13.7. The Labute approximate surface area is 205 Å². The monoisotopic (exact) mass is 515 g/mol. The van der Waals surface area contributed by atoms with E-state index in [1.165, 1.54) is 25.3 Å². The normalized spacial score (nSPS) is 11.4. The fourth-order valence-electron chi connectivity index (χ4n) is 3.11. The number of sulfonamides is 1. The van der Waals surface area contributed by atoms with E-state index in [0.717, 1.165) is 22.3 Å². The van der Waals surface area contributed by atoms with Crippen LogP contribution in [-0.4, -0.2) is 38.4 Å². The molecule has 4 aromatic rings. The third-order valence-corrected chi connectivity index (χ3v) is 7.70. The lowest BCUT2D eigenvalue weighted by Gasteiger charge is -2.11. The van der Waals surface area contributed by atoms with Crippen LogP contribution in [0.3, 0.4) is 0 Å². The highest BCUT2D eigenvalue weighted by Crippen LogP contribution is 2.29. The SMILES string of the molecule is COc1ccccc1NS(=O)(=O)c1ccc2oc(SCC(=O)Nc3ccccc3SC)nc2c1. The van der Waals surface area contributed by atoms with Crippen LogP contribution in [0.4, 0.5) is 11.4 Å². The van der Waals surface area contributed by atoms with Gasteiger partial charge in [0.05, 0.1) is 29.1 Å². The highest BCUT2D eigenvalue weighted by atomic mass is 32.2. The third-order valence-electron chi connectivity index (χ3n) is 4.71. The van der Waals surface area contributed by atoms with Gasteiger partial charge >= 0.3 is 0 Å². The van der Waals surface area contributed by atoms with Crippen molar-refractivity contribution in [3.63, 3.8) is 0 Å². The van der Waals surface area contributed by atoms with Crippen molar-refractivity contribution in [2.45, 2.75) is 15.0 Å². The second-order valence-corrected chi connectivity index (χ2v) is 10.4. The molecule has 0 radical (unpaired) electrons. The van der Waals surface area contributed by atoms with Gasteiger partial charge in [-0.05, 0) is 48.7 Å². The first-order valence-electron chi connectivity index (χ1n) is 10.0. The van der Waals surface area contributed by atoms with E-state index in [1.54, 1.807) is 36.0 Å². The molecule has 4 rings (SSSR count). The Morgan fingerprint density at radius 1 is 1.06 bits per heavy atom. The molecule has 34 heavy (non-hydrogen) atoms. The van der Waals surface area contributed by atoms with Gasteiger partial charge in [-0.25, -0.2) is 13.4 Å². The van der Waals surface area contributed by atoms with Gasteiger partial charge in [-0.2, -0.15) is 0 Å². The lowest BCUT2D eigenvalue weighted by atomic mass is 10.3. The van der Waals surface area contributed by atoms with Crippen molar-refractivity contribution in [1.29, 1.82) is 0 Å². The summed E-state index contributed by atoms with van der Waals surface area (Å²) in [5.74, 6) is 0.305. The van der Waals surface area contributed by atoms with Gasteiger partial charge in [0.25, 0.3) is 15.2 Å². The van der Waals surface area contributed by atoms with Crippen LogP contribution in [0.15, 0.2) is 86.2 Å². The highest BCUT2D eigenvalue weighted by Gasteiger charge is 2.19. The molecule has 0 atom stereocenters. The molecule has 1 amide bonds. The van der Waals surface area contributed by atoms with Gasteiger partial charge in [0, 0.05) is 4.90 Å². The van der Waals surface area contributed by atoms with Gasteiger partial charge < -0.3 is 14.5 Å². The Bertz CT molecular complexity index is 1440. The minimum absolute atomic E-state index is 0.0298. The molecule has 0 bridgehead atoms. The second-order valence-electron chi connectivity index (χ2n) is 6.95. The number of carbonyl (C=O) groups is 1. The zero-order chi connectivity index (χ0) is 24.1. The number of hydrogen-bond acceptors (Lipinski definition) is 8. The number of benzene rings is 3. The lowest BCUT2D eigenvalue weighted by molar-refractivity contribution is -0.113. The first-order chi connectivity index (χ1) is 16.4. The van der Waals surface area contributed by atoms with Crippen molar-refractivity contribution in [3.05, 3.63) is 66.7 Å². The highest BCUT2D eigenvalue weighted by molar-refractivity contribution is 7.99. The molecule has 1 aromatic heterocycles. The van der Waals surface area contributed by atoms with Crippen LogP contribution < -0.4 is 14.8 Å². The molecule has 1 heterocycles. The molecule has 2 N–H and O–H groups in total. The van der Waals surface area contributed by atoms with E-state index in [9.17, 15) is 13.2 Å². The molecule has 0 aliphatic carbocycles. The number of methoxy groups -OCH3 is 1. The van der Waals surface area contributed by atoms with Crippen LogP contribution in [0.5, 0.6) is 5.75 Å². The van der Waals surface area contributed by atoms with Crippen LogP contribution in [0.25, 0.3) is 11.1 Å². The Balaban J connectivity index is 1.46. The molecule has 0 spiro atoms. The quantitative estimate of drug-likeness (QED) is 0.297. The van der Waals surface area contributed by atoms with Crippen molar-refractivity contribution in [3.8, 4) is 5.75 Å². The van der Waals surface area contributed by atoms with Crippen LogP contribution >= 0.6 is 23.5 Å². The maximum absolute atomic E-state index is 12.9. The fraction of sp³-hybridized carbons (Fsp3) is 0.130. The summed E-state index contributed by atoms with van der Waals surface area (Å²) in [6.07, 6.45) is 1.94. The van der Waals surface area contributed by atoms with Crippen LogP contribution in [0.2, 0.25) is 0 Å². The molecule has 3 aromatic carbocycles. The van der Waals surface area contributed by atoms with Crippen molar-refractivity contribution in [1.82, 2.24) is 4.98 Å². The Kier molecular flexibility index (Phi) is 7.35. The standard InChI is InChI=1S/C23H21N3O5S3/c1-30-19-9-5-3-7-16(19)26-34(28,29)15-11-12-20-18(13-15)25-23(31-20)33-14-22(27)24-17-8-4-6-10-21(17)32-2/h3-13,26H,14H2,1-2H3,(H,24,27). The summed E-state index contributed by atoms with van der Waals surface area (Å²) >= 11 is 2.68. The number of aromatic nitrogens is 1. The van der Waals surface area contributed by atoms with E-state index in [-0.39, 0.29) is 21.8 Å². The number of anilines is 2. The fourth-order valence-corrected chi connectivity index (χ4v) is 5.39. The molecule has 0 aliphatic heterocycles. The summed E-state index contributed by atoms with van der Waals surface area (Å²) in [7, 11) is -2.41. The number of ether oxygens (including phenoxy) is 1. The number of nitrogens with zero attached hydrogens (tertiary/aromatic N) is 1. The van der Waals surface area contributed by atoms with Gasteiger partial charge in [0.15, 0.2) is 5.58 Å². The summed E-state index contributed by atoms with van der Waals surface area (Å²) in [4.78, 5) is 17.7. The van der Waals surface area contributed by atoms with Crippen molar-refractivity contribution in [2.24, 2.45) is 0 Å². The molecular formula is C23H21N3O5S3. The number of oxazole rings is 1. The number of hydrogen-bond donors (Lipinski definition) is 2. The predicted octanol–water partition coefficient (Wildman–Crippen LogP) is 5.09. The second kappa shape index (κ2) is 10.4. The molecule has 0 saturated carbocycles. The van der Waals surface area contributed by atoms with Crippen LogP contribution in [0, 0.1) is 0 Å². The number of thioether (sulfide) groups is 2. The predicted molar refractivity (Wildman–Crippen MR) is 135 cm³/mol. The van der Waals surface area contributed by atoms with E-state index in [0.29, 0.717) is 22.5 Å². The number of nitrogens with one attached hydrogen (secondary N) is 2. The average molecular weight is 516 g/mol. The number of fused-ring (bicyclic) bond motifs is 1. The largest absolute Gasteiger partial charge is 0.495 e. The molecule has 0 unspecified atom stereocenters. The molecule has 11 heteroatoms. The van der Waals surface area contributed by atoms with E-state index in [2.05, 4.69) is 15.0 Å². The average Bonchev–Trinajstić information content (AvgIpc) is 3.25. The van der Waals surface area contributed by atoms with E-state index in [1.807, 2.05) is 30.5 Å². The minimum atomic E-state index is -3.88. The topological polar surface area (TPSA) is 111 Å². The van der Waals surface area contributed by atoms with Gasteiger partial charge in [0.2, 0.25) is 5.91 Å². The van der Waals surface area contributed by atoms with Gasteiger partial charge in [0.1, 0.15) is 11.3 Å². The number of amides is 1. The molecule has 0 fully saturated rings.